The third-order valence-corrected chi connectivity index (χ3v) is 5.35. The van der Waals surface area contributed by atoms with Crippen molar-refractivity contribution in [3.05, 3.63) is 66.1 Å². The van der Waals surface area contributed by atoms with Gasteiger partial charge < -0.3 is 19.1 Å². The number of alkyl halides is 3. The van der Waals surface area contributed by atoms with E-state index in [9.17, 15) is 18.0 Å². The van der Waals surface area contributed by atoms with Crippen LogP contribution in [-0.4, -0.2) is 49.2 Å². The van der Waals surface area contributed by atoms with Gasteiger partial charge in [0.05, 0.1) is 28.8 Å². The van der Waals surface area contributed by atoms with Crippen molar-refractivity contribution in [2.24, 2.45) is 7.05 Å². The molecule has 180 valence electrons. The summed E-state index contributed by atoms with van der Waals surface area (Å²) in [5, 5.41) is 8.30. The number of hydrogen-bond acceptors (Lipinski definition) is 3. The number of amides is 1. The van der Waals surface area contributed by atoms with Crippen LogP contribution in [0.1, 0.15) is 36.1 Å². The van der Waals surface area contributed by atoms with Gasteiger partial charge in [-0.15, -0.1) is 0 Å². The molecule has 7 nitrogen and oxygen atoms in total. The number of aliphatic carboxylic acids is 1. The zero-order chi connectivity index (χ0) is 25.2. The topological polar surface area (TPSA) is 80.4 Å². The first-order chi connectivity index (χ1) is 15.9. The summed E-state index contributed by atoms with van der Waals surface area (Å²) in [6.07, 6.45) is -3.33. The second kappa shape index (κ2) is 9.58. The van der Waals surface area contributed by atoms with Crippen LogP contribution in [0.4, 0.5) is 13.2 Å². The SMILES string of the molecule is CC(C)n1c(C(=O)N(C)Cc2ccccn2)cc2c1c1ccccc1n2C.O=C(O)C(F)(F)F. The standard InChI is InChI=1S/C22H24N4O.C2HF3O2/c1-15(2)26-20(22(27)24(3)14-16-9-7-8-12-23-16)13-19-21(26)17-10-5-6-11-18(17)25(19)4;3-2(4,5)1(6)7/h5-13,15H,14H2,1-4H3;(H,6,7). The summed E-state index contributed by atoms with van der Waals surface area (Å²) in [7, 11) is 3.89. The lowest BCUT2D eigenvalue weighted by molar-refractivity contribution is -0.192. The highest BCUT2D eigenvalue weighted by atomic mass is 19.4. The van der Waals surface area contributed by atoms with E-state index in [1.54, 1.807) is 11.1 Å². The molecule has 1 amide bonds. The number of carbonyl (C=O) groups excluding carboxylic acids is 1. The third kappa shape index (κ3) is 4.90. The Hall–Kier alpha value is -3.82. The largest absolute Gasteiger partial charge is 0.490 e. The number of rotatable bonds is 4. The van der Waals surface area contributed by atoms with Crippen molar-refractivity contribution >= 4 is 33.8 Å². The van der Waals surface area contributed by atoms with Gasteiger partial charge in [-0.3, -0.25) is 9.78 Å². The summed E-state index contributed by atoms with van der Waals surface area (Å²) in [5.74, 6) is -2.75. The molecule has 0 aliphatic heterocycles. The van der Waals surface area contributed by atoms with Crippen LogP contribution in [0, 0.1) is 0 Å². The predicted molar refractivity (Wildman–Crippen MR) is 123 cm³/mol. The average molecular weight is 474 g/mol. The highest BCUT2D eigenvalue weighted by Crippen LogP contribution is 2.33. The van der Waals surface area contributed by atoms with Crippen LogP contribution in [0.3, 0.4) is 0 Å². The molecule has 1 aromatic carbocycles. The van der Waals surface area contributed by atoms with E-state index in [0.29, 0.717) is 6.54 Å². The zero-order valence-electron chi connectivity index (χ0n) is 19.2. The number of benzene rings is 1. The predicted octanol–water partition coefficient (Wildman–Crippen LogP) is 5.01. The summed E-state index contributed by atoms with van der Waals surface area (Å²) in [6, 6.07) is 16.3. The number of para-hydroxylation sites is 1. The van der Waals surface area contributed by atoms with E-state index in [-0.39, 0.29) is 11.9 Å². The van der Waals surface area contributed by atoms with Crippen molar-refractivity contribution in [2.75, 3.05) is 7.05 Å². The number of carbonyl (C=O) groups is 2. The van der Waals surface area contributed by atoms with Gasteiger partial charge in [0, 0.05) is 31.7 Å². The van der Waals surface area contributed by atoms with Crippen molar-refractivity contribution in [3.8, 4) is 0 Å². The molecular formula is C24H25F3N4O3. The Morgan fingerprint density at radius 1 is 1.09 bits per heavy atom. The average Bonchev–Trinajstić information content (AvgIpc) is 3.30. The summed E-state index contributed by atoms with van der Waals surface area (Å²) >= 11 is 0. The minimum Gasteiger partial charge on any atom is -0.475 e. The van der Waals surface area contributed by atoms with Crippen molar-refractivity contribution in [1.82, 2.24) is 19.0 Å². The number of carboxylic acids is 1. The molecule has 10 heteroatoms. The van der Waals surface area contributed by atoms with Crippen LogP contribution < -0.4 is 0 Å². The lowest BCUT2D eigenvalue weighted by atomic mass is 10.2. The van der Waals surface area contributed by atoms with Gasteiger partial charge in [0.2, 0.25) is 0 Å². The molecule has 0 bridgehead atoms. The maximum absolute atomic E-state index is 13.3. The number of nitrogens with zero attached hydrogens (tertiary/aromatic N) is 4. The summed E-state index contributed by atoms with van der Waals surface area (Å²) in [4.78, 5) is 28.2. The van der Waals surface area contributed by atoms with Crippen molar-refractivity contribution in [1.29, 1.82) is 0 Å². The molecule has 0 saturated heterocycles. The maximum atomic E-state index is 13.3. The normalized spacial score (nSPS) is 11.5. The first kappa shape index (κ1) is 24.8. The number of pyridine rings is 1. The van der Waals surface area contributed by atoms with Gasteiger partial charge in [-0.2, -0.15) is 13.2 Å². The molecule has 0 spiro atoms. The molecule has 4 rings (SSSR count). The molecule has 0 atom stereocenters. The van der Waals surface area contributed by atoms with Crippen LogP contribution in [0.5, 0.6) is 0 Å². The van der Waals surface area contributed by atoms with Crippen LogP contribution in [0.2, 0.25) is 0 Å². The number of aryl methyl sites for hydroxylation is 1. The van der Waals surface area contributed by atoms with Gasteiger partial charge in [0.1, 0.15) is 5.69 Å². The van der Waals surface area contributed by atoms with E-state index < -0.39 is 12.1 Å². The second-order valence-corrected chi connectivity index (χ2v) is 8.09. The molecule has 0 unspecified atom stereocenters. The molecule has 0 fully saturated rings. The fraction of sp³-hybridized carbons (Fsp3) is 0.292. The number of aromatic nitrogens is 3. The molecule has 3 aromatic heterocycles. The first-order valence-electron chi connectivity index (χ1n) is 10.5. The van der Waals surface area contributed by atoms with E-state index in [0.717, 1.165) is 22.4 Å². The van der Waals surface area contributed by atoms with E-state index >= 15 is 0 Å². The fourth-order valence-corrected chi connectivity index (χ4v) is 3.83. The quantitative estimate of drug-likeness (QED) is 0.451. The number of hydrogen-bond donors (Lipinski definition) is 1. The van der Waals surface area contributed by atoms with Crippen molar-refractivity contribution in [3.63, 3.8) is 0 Å². The van der Waals surface area contributed by atoms with Crippen molar-refractivity contribution < 1.29 is 27.9 Å². The number of carboxylic acid groups (broad SMARTS) is 1. The molecular weight excluding hydrogens is 449 g/mol. The van der Waals surface area contributed by atoms with Gasteiger partial charge in [0.25, 0.3) is 5.91 Å². The van der Waals surface area contributed by atoms with Crippen LogP contribution in [-0.2, 0) is 18.4 Å². The van der Waals surface area contributed by atoms with E-state index in [1.165, 1.54) is 10.9 Å². The minimum atomic E-state index is -5.08. The Labute approximate surface area is 194 Å². The maximum Gasteiger partial charge on any atom is 0.490 e. The molecule has 0 saturated carbocycles. The lowest BCUT2D eigenvalue weighted by Crippen LogP contribution is -2.29. The minimum absolute atomic E-state index is 0.00892. The second-order valence-electron chi connectivity index (χ2n) is 8.09. The van der Waals surface area contributed by atoms with Gasteiger partial charge in [-0.05, 0) is 38.1 Å². The molecule has 34 heavy (non-hydrogen) atoms. The van der Waals surface area contributed by atoms with Gasteiger partial charge in [-0.25, -0.2) is 4.79 Å². The zero-order valence-corrected chi connectivity index (χ0v) is 19.2. The Balaban J connectivity index is 0.000000406. The smallest absolute Gasteiger partial charge is 0.475 e. The van der Waals surface area contributed by atoms with E-state index in [4.69, 9.17) is 9.90 Å². The van der Waals surface area contributed by atoms with Gasteiger partial charge >= 0.3 is 12.1 Å². The third-order valence-electron chi connectivity index (χ3n) is 5.35. The Morgan fingerprint density at radius 3 is 2.26 bits per heavy atom. The van der Waals surface area contributed by atoms with Gasteiger partial charge in [0.15, 0.2) is 0 Å². The lowest BCUT2D eigenvalue weighted by Gasteiger charge is -2.20. The van der Waals surface area contributed by atoms with Crippen LogP contribution >= 0.6 is 0 Å². The summed E-state index contributed by atoms with van der Waals surface area (Å²) in [5.41, 5.74) is 4.98. The molecule has 4 aromatic rings. The Bertz CT molecular complexity index is 1320. The van der Waals surface area contributed by atoms with Crippen molar-refractivity contribution in [2.45, 2.75) is 32.6 Å². The highest BCUT2D eigenvalue weighted by Gasteiger charge is 2.38. The van der Waals surface area contributed by atoms with Crippen LogP contribution in [0.25, 0.3) is 21.9 Å². The molecule has 0 aliphatic carbocycles. The van der Waals surface area contributed by atoms with Crippen LogP contribution in [0.15, 0.2) is 54.7 Å². The number of fused-ring (bicyclic) bond motifs is 3. The summed E-state index contributed by atoms with van der Waals surface area (Å²) in [6.45, 7) is 4.73. The summed E-state index contributed by atoms with van der Waals surface area (Å²) < 4.78 is 36.1. The highest BCUT2D eigenvalue weighted by molar-refractivity contribution is 6.10. The van der Waals surface area contributed by atoms with E-state index in [1.807, 2.05) is 43.4 Å². The monoisotopic (exact) mass is 474 g/mol. The molecule has 1 N–H and O–H groups in total. The Morgan fingerprint density at radius 2 is 1.71 bits per heavy atom. The molecule has 0 radical (unpaired) electrons. The first-order valence-corrected chi connectivity index (χ1v) is 10.5. The van der Waals surface area contributed by atoms with Gasteiger partial charge in [-0.1, -0.05) is 24.3 Å². The number of halogens is 3. The molecule has 0 aliphatic rings. The van der Waals surface area contributed by atoms with E-state index in [2.05, 4.69) is 47.1 Å². The Kier molecular flexibility index (Phi) is 6.99. The fourth-order valence-electron chi connectivity index (χ4n) is 3.83. The molecule has 3 heterocycles.